The van der Waals surface area contributed by atoms with Crippen molar-refractivity contribution < 1.29 is 46.1 Å². The van der Waals surface area contributed by atoms with Crippen LogP contribution >= 0.6 is 0 Å². The molecule has 5 rings (SSSR count). The first-order chi connectivity index (χ1) is 18.8. The first kappa shape index (κ1) is 30.6. The number of nitrogens with zero attached hydrogens (tertiary/aromatic N) is 8. The molecule has 0 amide bonds. The summed E-state index contributed by atoms with van der Waals surface area (Å²) in [6.07, 6.45) is -1.41. The van der Waals surface area contributed by atoms with Crippen LogP contribution in [-0.2, 0) is 16.1 Å². The Hall–Kier alpha value is -3.96. The molecule has 3 aromatic heterocycles. The molecule has 3 aromatic rings. The van der Waals surface area contributed by atoms with E-state index >= 15 is 0 Å². The van der Waals surface area contributed by atoms with Gasteiger partial charge in [0.1, 0.15) is 12.1 Å². The number of hydrogen-bond acceptors (Lipinski definition) is 8. The molecule has 1 fully saturated rings. The lowest BCUT2D eigenvalue weighted by Gasteiger charge is -2.36. The van der Waals surface area contributed by atoms with E-state index in [0.29, 0.717) is 6.04 Å². The lowest BCUT2D eigenvalue weighted by molar-refractivity contribution is -0.193. The highest BCUT2D eigenvalue weighted by atomic mass is 19.4. The Morgan fingerprint density at radius 2 is 1.57 bits per heavy atom. The molecule has 40 heavy (non-hydrogen) atoms. The Bertz CT molecular complexity index is 1250. The third kappa shape index (κ3) is 8.52. The van der Waals surface area contributed by atoms with Crippen LogP contribution < -0.4 is 4.90 Å². The molecule has 2 aliphatic heterocycles. The van der Waals surface area contributed by atoms with Gasteiger partial charge in [-0.25, -0.2) is 9.59 Å². The van der Waals surface area contributed by atoms with Gasteiger partial charge in [0, 0.05) is 19.3 Å². The van der Waals surface area contributed by atoms with Gasteiger partial charge in [0.2, 0.25) is 0 Å². The van der Waals surface area contributed by atoms with Gasteiger partial charge < -0.3 is 20.0 Å². The summed E-state index contributed by atoms with van der Waals surface area (Å²) in [5.74, 6) is -4.55. The minimum atomic E-state index is -5.08. The molecule has 1 unspecified atom stereocenters. The van der Waals surface area contributed by atoms with Gasteiger partial charge in [0.25, 0.3) is 0 Å². The molecule has 5 heterocycles. The number of carboxylic acids is 2. The van der Waals surface area contributed by atoms with Crippen molar-refractivity contribution in [1.82, 2.24) is 34.5 Å². The first-order valence-corrected chi connectivity index (χ1v) is 12.0. The van der Waals surface area contributed by atoms with E-state index in [4.69, 9.17) is 19.8 Å². The molecular weight excluding hydrogens is 554 g/mol. The second-order valence-corrected chi connectivity index (χ2v) is 8.92. The molecule has 0 aliphatic carbocycles. The fraction of sp³-hybridized carbons (Fsp3) is 0.545. The quantitative estimate of drug-likeness (QED) is 0.443. The van der Waals surface area contributed by atoms with Gasteiger partial charge in [-0.15, -0.1) is 15.3 Å². The van der Waals surface area contributed by atoms with E-state index in [9.17, 15) is 26.3 Å². The Kier molecular flexibility index (Phi) is 9.88. The van der Waals surface area contributed by atoms with Gasteiger partial charge in [-0.05, 0) is 50.6 Å². The van der Waals surface area contributed by atoms with E-state index in [1.165, 1.54) is 38.0 Å². The molecule has 18 heteroatoms. The zero-order valence-electron chi connectivity index (χ0n) is 20.9. The summed E-state index contributed by atoms with van der Waals surface area (Å²) in [6.45, 7) is 5.40. The number of piperidine rings is 1. The number of alkyl halides is 6. The summed E-state index contributed by atoms with van der Waals surface area (Å²) in [7, 11) is 0. The van der Waals surface area contributed by atoms with Gasteiger partial charge in [-0.2, -0.15) is 36.0 Å². The minimum absolute atomic E-state index is 0.383. The number of aliphatic carboxylic acids is 2. The number of aromatic nitrogens is 6. The van der Waals surface area contributed by atoms with Crippen LogP contribution in [0.25, 0.3) is 5.65 Å². The first-order valence-electron chi connectivity index (χ1n) is 12.0. The van der Waals surface area contributed by atoms with Crippen molar-refractivity contribution in [2.75, 3.05) is 31.1 Å². The van der Waals surface area contributed by atoms with E-state index in [-0.39, 0.29) is 0 Å². The molecule has 0 aromatic carbocycles. The molecule has 1 saturated heterocycles. The van der Waals surface area contributed by atoms with Gasteiger partial charge in [-0.1, -0.05) is 6.42 Å². The predicted molar refractivity (Wildman–Crippen MR) is 125 cm³/mol. The Labute approximate surface area is 222 Å². The molecule has 220 valence electrons. The fourth-order valence-corrected chi connectivity index (χ4v) is 4.18. The number of carbonyl (C=O) groups is 2. The van der Waals surface area contributed by atoms with Crippen LogP contribution in [0.15, 0.2) is 30.7 Å². The molecule has 2 aliphatic rings. The van der Waals surface area contributed by atoms with Crippen molar-refractivity contribution in [3.8, 4) is 0 Å². The summed E-state index contributed by atoms with van der Waals surface area (Å²) < 4.78 is 67.4. The normalized spacial score (nSPS) is 17.8. The second-order valence-electron chi connectivity index (χ2n) is 8.92. The number of fused-ring (bicyclic) bond motifs is 2. The minimum Gasteiger partial charge on any atom is -0.475 e. The van der Waals surface area contributed by atoms with Gasteiger partial charge in [-0.3, -0.25) is 4.68 Å². The van der Waals surface area contributed by atoms with Crippen LogP contribution in [0.1, 0.15) is 37.4 Å². The monoisotopic (exact) mass is 580 g/mol. The molecule has 0 bridgehead atoms. The topological polar surface area (TPSA) is 142 Å². The zero-order chi connectivity index (χ0) is 29.5. The molecule has 2 N–H and O–H groups in total. The lowest BCUT2D eigenvalue weighted by Crippen LogP contribution is -2.40. The summed E-state index contributed by atoms with van der Waals surface area (Å²) in [5.41, 5.74) is 2.03. The maximum absolute atomic E-state index is 10.6. The van der Waals surface area contributed by atoms with Crippen molar-refractivity contribution in [2.45, 2.75) is 50.6 Å². The SMILES string of the molecule is O=C(O)C(F)(F)F.O=C(O)C(F)(F)F.c1cc2n(n1)C(CCN1CCCCC1)CN(c1ccc3nncn3n1)C2. The van der Waals surface area contributed by atoms with E-state index in [0.717, 1.165) is 37.5 Å². The summed E-state index contributed by atoms with van der Waals surface area (Å²) in [6, 6.07) is 6.52. The standard InChI is InChI=1S/C18H24N8.2C2HF3O2/c1-2-9-23(10-3-1)11-7-16-13-24(12-15-6-8-20-26(15)16)18-5-4-17-21-19-14-25(17)22-18;2*3-2(4,5)1(6)7/h4-6,8,14,16H,1-3,7,9-13H2;2*(H,6,7). The lowest BCUT2D eigenvalue weighted by atomic mass is 10.1. The third-order valence-electron chi connectivity index (χ3n) is 6.07. The largest absolute Gasteiger partial charge is 0.490 e. The average molecular weight is 580 g/mol. The molecule has 1 atom stereocenters. The average Bonchev–Trinajstić information content (AvgIpc) is 3.56. The van der Waals surface area contributed by atoms with Crippen molar-refractivity contribution in [2.24, 2.45) is 0 Å². The predicted octanol–water partition coefficient (Wildman–Crippen LogP) is 3.02. The Morgan fingerprint density at radius 1 is 0.950 bits per heavy atom. The summed E-state index contributed by atoms with van der Waals surface area (Å²) in [5, 5.41) is 31.5. The Balaban J connectivity index is 0.000000263. The van der Waals surface area contributed by atoms with Gasteiger partial charge >= 0.3 is 24.3 Å². The summed E-state index contributed by atoms with van der Waals surface area (Å²) >= 11 is 0. The summed E-state index contributed by atoms with van der Waals surface area (Å²) in [4.78, 5) is 22.7. The fourth-order valence-electron chi connectivity index (χ4n) is 4.18. The highest BCUT2D eigenvalue weighted by molar-refractivity contribution is 5.73. The zero-order valence-corrected chi connectivity index (χ0v) is 20.9. The smallest absolute Gasteiger partial charge is 0.475 e. The van der Waals surface area contributed by atoms with Crippen LogP contribution in [0.5, 0.6) is 0 Å². The molecular formula is C22H26F6N8O4. The number of halogens is 6. The van der Waals surface area contributed by atoms with E-state index < -0.39 is 24.3 Å². The Morgan fingerprint density at radius 3 is 2.17 bits per heavy atom. The maximum Gasteiger partial charge on any atom is 0.490 e. The van der Waals surface area contributed by atoms with Crippen molar-refractivity contribution in [1.29, 1.82) is 0 Å². The maximum atomic E-state index is 10.6. The van der Waals surface area contributed by atoms with Crippen LogP contribution in [0.3, 0.4) is 0 Å². The van der Waals surface area contributed by atoms with E-state index in [2.05, 4.69) is 40.9 Å². The van der Waals surface area contributed by atoms with E-state index in [1.54, 1.807) is 10.8 Å². The van der Waals surface area contributed by atoms with Crippen LogP contribution in [-0.4, -0.2) is 95.2 Å². The number of hydrogen-bond donors (Lipinski definition) is 2. The van der Waals surface area contributed by atoms with Crippen LogP contribution in [0.2, 0.25) is 0 Å². The van der Waals surface area contributed by atoms with Crippen LogP contribution in [0.4, 0.5) is 32.2 Å². The number of anilines is 1. The van der Waals surface area contributed by atoms with E-state index in [1.807, 2.05) is 18.3 Å². The van der Waals surface area contributed by atoms with Crippen LogP contribution in [0, 0.1) is 0 Å². The number of rotatable bonds is 4. The number of likely N-dealkylation sites (tertiary alicyclic amines) is 1. The van der Waals surface area contributed by atoms with Crippen molar-refractivity contribution in [3.05, 3.63) is 36.4 Å². The van der Waals surface area contributed by atoms with Gasteiger partial charge in [0.15, 0.2) is 5.65 Å². The van der Waals surface area contributed by atoms with Gasteiger partial charge in [0.05, 0.1) is 18.3 Å². The molecule has 0 radical (unpaired) electrons. The molecule has 12 nitrogen and oxygen atoms in total. The van der Waals surface area contributed by atoms with Crippen molar-refractivity contribution in [3.63, 3.8) is 0 Å². The van der Waals surface area contributed by atoms with Crippen molar-refractivity contribution >= 4 is 23.4 Å². The molecule has 0 spiro atoms. The third-order valence-corrected chi connectivity index (χ3v) is 6.07. The number of carboxylic acid groups (broad SMARTS) is 2. The highest BCUT2D eigenvalue weighted by Crippen LogP contribution is 2.27. The highest BCUT2D eigenvalue weighted by Gasteiger charge is 2.39. The second kappa shape index (κ2) is 12.9. The molecule has 0 saturated carbocycles.